The molecule has 0 fully saturated rings. The van der Waals surface area contributed by atoms with Crippen LogP contribution >= 0.6 is 0 Å². The van der Waals surface area contributed by atoms with Gasteiger partial charge in [0.15, 0.2) is 0 Å². The third-order valence-electron chi connectivity index (χ3n) is 2.31. The van der Waals surface area contributed by atoms with Crippen LogP contribution in [0.3, 0.4) is 0 Å². The highest BCUT2D eigenvalue weighted by Crippen LogP contribution is 2.04. The summed E-state index contributed by atoms with van der Waals surface area (Å²) in [6, 6.07) is 6.06. The van der Waals surface area contributed by atoms with Crippen molar-refractivity contribution in [1.82, 2.24) is 10.3 Å². The molecule has 16 heavy (non-hydrogen) atoms. The van der Waals surface area contributed by atoms with Crippen LogP contribution in [0, 0.1) is 5.92 Å². The van der Waals surface area contributed by atoms with E-state index in [0.29, 0.717) is 12.5 Å². The van der Waals surface area contributed by atoms with Crippen LogP contribution in [-0.2, 0) is 17.9 Å². The summed E-state index contributed by atoms with van der Waals surface area (Å²) in [5, 5.41) is 3.09. The van der Waals surface area contributed by atoms with Crippen molar-refractivity contribution in [2.75, 3.05) is 13.7 Å². The Morgan fingerprint density at radius 1 is 1.31 bits per heavy atom. The zero-order valence-corrected chi connectivity index (χ0v) is 10.5. The summed E-state index contributed by atoms with van der Waals surface area (Å²) in [5.41, 5.74) is 2.07. The van der Waals surface area contributed by atoms with Crippen molar-refractivity contribution in [2.45, 2.75) is 33.4 Å². The monoisotopic (exact) mass is 222 g/mol. The summed E-state index contributed by atoms with van der Waals surface area (Å²) < 4.78 is 5.58. The first-order chi connectivity index (χ1) is 7.72. The van der Waals surface area contributed by atoms with E-state index in [1.54, 1.807) is 0 Å². The Balaban J connectivity index is 2.33. The van der Waals surface area contributed by atoms with E-state index in [9.17, 15) is 0 Å². The average Bonchev–Trinajstić information content (AvgIpc) is 2.25. The standard InChI is InChI=1S/C13H22N2O/c1-11(2)7-8-16-10-13-6-4-5-12(15-13)9-14-3/h4-6,11,14H,7-10H2,1-3H3. The Morgan fingerprint density at radius 3 is 2.75 bits per heavy atom. The van der Waals surface area contributed by atoms with Crippen LogP contribution in [0.2, 0.25) is 0 Å². The second kappa shape index (κ2) is 7.36. The van der Waals surface area contributed by atoms with Gasteiger partial charge in [0.05, 0.1) is 18.0 Å². The van der Waals surface area contributed by atoms with Gasteiger partial charge < -0.3 is 10.1 Å². The molecule has 0 aromatic carbocycles. The van der Waals surface area contributed by atoms with E-state index in [4.69, 9.17) is 4.74 Å². The number of rotatable bonds is 7. The zero-order chi connectivity index (χ0) is 11.8. The van der Waals surface area contributed by atoms with Gasteiger partial charge in [-0.05, 0) is 31.5 Å². The summed E-state index contributed by atoms with van der Waals surface area (Å²) in [7, 11) is 1.92. The Hall–Kier alpha value is -0.930. The van der Waals surface area contributed by atoms with Gasteiger partial charge in [-0.3, -0.25) is 4.98 Å². The molecule has 1 heterocycles. The first-order valence-corrected chi connectivity index (χ1v) is 5.89. The number of ether oxygens (including phenoxy) is 1. The lowest BCUT2D eigenvalue weighted by Crippen LogP contribution is -2.08. The highest BCUT2D eigenvalue weighted by Gasteiger charge is 1.98. The number of hydrogen-bond donors (Lipinski definition) is 1. The van der Waals surface area contributed by atoms with Crippen LogP contribution in [0.25, 0.3) is 0 Å². The fourth-order valence-electron chi connectivity index (χ4n) is 1.38. The van der Waals surface area contributed by atoms with E-state index in [1.165, 1.54) is 0 Å². The van der Waals surface area contributed by atoms with Crippen LogP contribution in [-0.4, -0.2) is 18.6 Å². The lowest BCUT2D eigenvalue weighted by molar-refractivity contribution is 0.108. The fraction of sp³-hybridized carbons (Fsp3) is 0.615. The minimum atomic E-state index is 0.615. The van der Waals surface area contributed by atoms with Crippen molar-refractivity contribution < 1.29 is 4.74 Å². The maximum Gasteiger partial charge on any atom is 0.0887 e. The number of aromatic nitrogens is 1. The van der Waals surface area contributed by atoms with Crippen LogP contribution in [0.4, 0.5) is 0 Å². The van der Waals surface area contributed by atoms with Crippen LogP contribution in [0.15, 0.2) is 18.2 Å². The van der Waals surface area contributed by atoms with E-state index < -0.39 is 0 Å². The molecule has 0 unspecified atom stereocenters. The van der Waals surface area contributed by atoms with Crippen LogP contribution in [0.5, 0.6) is 0 Å². The SMILES string of the molecule is CNCc1cccc(COCCC(C)C)n1. The van der Waals surface area contributed by atoms with Crippen molar-refractivity contribution in [3.05, 3.63) is 29.6 Å². The second-order valence-corrected chi connectivity index (χ2v) is 4.39. The number of pyridine rings is 1. The van der Waals surface area contributed by atoms with Gasteiger partial charge in [0.1, 0.15) is 0 Å². The van der Waals surface area contributed by atoms with E-state index in [2.05, 4.69) is 24.1 Å². The van der Waals surface area contributed by atoms with E-state index in [1.807, 2.05) is 25.2 Å². The molecule has 3 nitrogen and oxygen atoms in total. The molecule has 0 atom stereocenters. The maximum absolute atomic E-state index is 5.58. The molecule has 0 aliphatic heterocycles. The van der Waals surface area contributed by atoms with E-state index in [0.717, 1.165) is 31.0 Å². The smallest absolute Gasteiger partial charge is 0.0887 e. The number of nitrogens with zero attached hydrogens (tertiary/aromatic N) is 1. The Bertz CT molecular complexity index is 300. The van der Waals surface area contributed by atoms with Crippen molar-refractivity contribution in [3.8, 4) is 0 Å². The van der Waals surface area contributed by atoms with E-state index >= 15 is 0 Å². The normalized spacial score (nSPS) is 11.0. The molecular weight excluding hydrogens is 200 g/mol. The van der Waals surface area contributed by atoms with Crippen LogP contribution < -0.4 is 5.32 Å². The van der Waals surface area contributed by atoms with Gasteiger partial charge >= 0.3 is 0 Å². The van der Waals surface area contributed by atoms with Crippen molar-refractivity contribution in [2.24, 2.45) is 5.92 Å². The summed E-state index contributed by atoms with van der Waals surface area (Å²) in [6.07, 6.45) is 1.11. The molecule has 3 heteroatoms. The maximum atomic E-state index is 5.58. The average molecular weight is 222 g/mol. The molecule has 0 saturated carbocycles. The molecule has 0 aliphatic rings. The molecule has 0 saturated heterocycles. The predicted molar refractivity (Wildman–Crippen MR) is 66.1 cm³/mol. The van der Waals surface area contributed by atoms with Crippen molar-refractivity contribution >= 4 is 0 Å². The van der Waals surface area contributed by atoms with Gasteiger partial charge in [0.2, 0.25) is 0 Å². The molecule has 0 aliphatic carbocycles. The van der Waals surface area contributed by atoms with Gasteiger partial charge in [-0.25, -0.2) is 0 Å². The van der Waals surface area contributed by atoms with Crippen molar-refractivity contribution in [3.63, 3.8) is 0 Å². The molecular formula is C13H22N2O. The first kappa shape index (κ1) is 13.1. The summed E-state index contributed by atoms with van der Waals surface area (Å²) in [5.74, 6) is 0.698. The highest BCUT2D eigenvalue weighted by atomic mass is 16.5. The Morgan fingerprint density at radius 2 is 2.06 bits per heavy atom. The zero-order valence-electron chi connectivity index (χ0n) is 10.5. The predicted octanol–water partition coefficient (Wildman–Crippen LogP) is 2.36. The minimum absolute atomic E-state index is 0.615. The van der Waals surface area contributed by atoms with Gasteiger partial charge in [-0.15, -0.1) is 0 Å². The molecule has 1 aromatic rings. The first-order valence-electron chi connectivity index (χ1n) is 5.89. The topological polar surface area (TPSA) is 34.1 Å². The minimum Gasteiger partial charge on any atom is -0.375 e. The quantitative estimate of drug-likeness (QED) is 0.719. The Labute approximate surface area is 98.2 Å². The molecule has 1 N–H and O–H groups in total. The molecule has 0 spiro atoms. The number of nitrogens with one attached hydrogen (secondary N) is 1. The largest absolute Gasteiger partial charge is 0.375 e. The Kier molecular flexibility index (Phi) is 6.04. The van der Waals surface area contributed by atoms with E-state index in [-0.39, 0.29) is 0 Å². The fourth-order valence-corrected chi connectivity index (χ4v) is 1.38. The molecule has 0 radical (unpaired) electrons. The third-order valence-corrected chi connectivity index (χ3v) is 2.31. The molecule has 1 rings (SSSR count). The van der Waals surface area contributed by atoms with Gasteiger partial charge in [-0.2, -0.15) is 0 Å². The van der Waals surface area contributed by atoms with Gasteiger partial charge in [-0.1, -0.05) is 19.9 Å². The van der Waals surface area contributed by atoms with Gasteiger partial charge in [0, 0.05) is 13.2 Å². The lowest BCUT2D eigenvalue weighted by Gasteiger charge is -2.07. The molecule has 90 valence electrons. The van der Waals surface area contributed by atoms with Crippen molar-refractivity contribution in [1.29, 1.82) is 0 Å². The molecule has 0 bridgehead atoms. The summed E-state index contributed by atoms with van der Waals surface area (Å²) in [6.45, 7) is 6.64. The molecule has 1 aromatic heterocycles. The van der Waals surface area contributed by atoms with Crippen LogP contribution in [0.1, 0.15) is 31.7 Å². The number of hydrogen-bond acceptors (Lipinski definition) is 3. The summed E-state index contributed by atoms with van der Waals surface area (Å²) >= 11 is 0. The second-order valence-electron chi connectivity index (χ2n) is 4.39. The lowest BCUT2D eigenvalue weighted by atomic mass is 10.1. The summed E-state index contributed by atoms with van der Waals surface area (Å²) in [4.78, 5) is 4.49. The highest BCUT2D eigenvalue weighted by molar-refractivity contribution is 5.10. The molecule has 0 amide bonds. The third kappa shape index (κ3) is 5.24. The van der Waals surface area contributed by atoms with Gasteiger partial charge in [0.25, 0.3) is 0 Å².